The summed E-state index contributed by atoms with van der Waals surface area (Å²) in [6.45, 7) is 3.93. The first kappa shape index (κ1) is 17.5. The Kier molecular flexibility index (Phi) is 5.00. The third-order valence-corrected chi connectivity index (χ3v) is 5.26. The zero-order valence-electron chi connectivity index (χ0n) is 15.2. The minimum absolute atomic E-state index is 0.0365. The zero-order chi connectivity index (χ0) is 18.6. The van der Waals surface area contributed by atoms with Crippen LogP contribution in [-0.4, -0.2) is 64.3 Å². The van der Waals surface area contributed by atoms with Crippen LogP contribution in [0.1, 0.15) is 12.1 Å². The Bertz CT molecular complexity index is 791. The molecular weight excluding hydrogens is 342 g/mol. The lowest BCUT2D eigenvalue weighted by Crippen LogP contribution is -2.50. The summed E-state index contributed by atoms with van der Waals surface area (Å²) in [6.07, 6.45) is 5.59. The molecule has 0 spiro atoms. The molecule has 0 aliphatic carbocycles. The van der Waals surface area contributed by atoms with Gasteiger partial charge in [-0.2, -0.15) is 0 Å². The van der Waals surface area contributed by atoms with Gasteiger partial charge in [-0.05, 0) is 24.3 Å². The van der Waals surface area contributed by atoms with Crippen molar-refractivity contribution in [3.8, 4) is 0 Å². The number of hydrogen-bond acceptors (Lipinski definition) is 5. The largest absolute Gasteiger partial charge is 0.368 e. The Morgan fingerprint density at radius 2 is 1.81 bits per heavy atom. The van der Waals surface area contributed by atoms with Crippen molar-refractivity contribution in [1.82, 2.24) is 19.8 Å². The number of anilines is 1. The highest BCUT2D eigenvalue weighted by Crippen LogP contribution is 2.23. The van der Waals surface area contributed by atoms with E-state index >= 15 is 0 Å². The van der Waals surface area contributed by atoms with E-state index < -0.39 is 0 Å². The smallest absolute Gasteiger partial charge is 0.228 e. The summed E-state index contributed by atoms with van der Waals surface area (Å²) in [7, 11) is 0. The lowest BCUT2D eigenvalue weighted by molar-refractivity contribution is -0.136. The van der Waals surface area contributed by atoms with Crippen LogP contribution >= 0.6 is 0 Å². The molecule has 27 heavy (non-hydrogen) atoms. The molecule has 0 saturated carbocycles. The zero-order valence-corrected chi connectivity index (χ0v) is 15.2. The number of carbonyl (C=O) groups excluding carboxylic acids is 2. The average Bonchev–Trinajstić information content (AvgIpc) is 3.09. The molecule has 2 aromatic rings. The van der Waals surface area contributed by atoms with E-state index in [2.05, 4.69) is 14.9 Å². The Hall–Kier alpha value is -2.96. The topological polar surface area (TPSA) is 69.6 Å². The van der Waals surface area contributed by atoms with E-state index in [1.54, 1.807) is 23.5 Å². The highest BCUT2D eigenvalue weighted by molar-refractivity contribution is 5.89. The molecule has 2 amide bonds. The number of nitrogens with zero attached hydrogens (tertiary/aromatic N) is 5. The third-order valence-electron chi connectivity index (χ3n) is 5.26. The Balaban J connectivity index is 1.32. The molecule has 4 heterocycles. The van der Waals surface area contributed by atoms with Gasteiger partial charge < -0.3 is 14.7 Å². The van der Waals surface area contributed by atoms with Gasteiger partial charge in [-0.25, -0.2) is 0 Å². The van der Waals surface area contributed by atoms with E-state index in [0.29, 0.717) is 32.6 Å². The van der Waals surface area contributed by atoms with Gasteiger partial charge in [-0.3, -0.25) is 19.6 Å². The van der Waals surface area contributed by atoms with Crippen molar-refractivity contribution >= 4 is 17.5 Å². The van der Waals surface area contributed by atoms with Crippen LogP contribution in [0.3, 0.4) is 0 Å². The molecule has 0 N–H and O–H groups in total. The standard InChI is InChI=1S/C20H23N5O2/c26-19-13-16(14-25(19)15-17-3-1-2-6-22-17)20(27)24-11-9-23(10-12-24)18-4-7-21-8-5-18/h1-8,16H,9-15H2. The summed E-state index contributed by atoms with van der Waals surface area (Å²) in [5.74, 6) is -0.107. The highest BCUT2D eigenvalue weighted by atomic mass is 16.2. The Labute approximate surface area is 158 Å². The SMILES string of the molecule is O=C1CC(C(=O)N2CCN(c3ccncc3)CC2)CN1Cc1ccccn1. The number of hydrogen-bond donors (Lipinski definition) is 0. The van der Waals surface area contributed by atoms with E-state index in [1.165, 1.54) is 0 Å². The van der Waals surface area contributed by atoms with Crippen molar-refractivity contribution in [1.29, 1.82) is 0 Å². The molecule has 0 bridgehead atoms. The van der Waals surface area contributed by atoms with Gasteiger partial charge in [0.05, 0.1) is 18.2 Å². The molecule has 1 unspecified atom stereocenters. The molecule has 140 valence electrons. The van der Waals surface area contributed by atoms with E-state index in [4.69, 9.17) is 0 Å². The number of aromatic nitrogens is 2. The first-order valence-electron chi connectivity index (χ1n) is 9.32. The second kappa shape index (κ2) is 7.73. The minimum Gasteiger partial charge on any atom is -0.368 e. The van der Waals surface area contributed by atoms with Crippen LogP contribution in [0, 0.1) is 5.92 Å². The van der Waals surface area contributed by atoms with Crippen LogP contribution in [0.15, 0.2) is 48.9 Å². The molecule has 2 aromatic heterocycles. The van der Waals surface area contributed by atoms with Crippen LogP contribution in [0.5, 0.6) is 0 Å². The van der Waals surface area contributed by atoms with Gasteiger partial charge >= 0.3 is 0 Å². The molecule has 1 atom stereocenters. The second-order valence-corrected chi connectivity index (χ2v) is 7.01. The maximum absolute atomic E-state index is 12.9. The molecule has 0 aromatic carbocycles. The molecule has 2 saturated heterocycles. The van der Waals surface area contributed by atoms with Crippen LogP contribution in [0.25, 0.3) is 0 Å². The molecule has 0 radical (unpaired) electrons. The van der Waals surface area contributed by atoms with Gasteiger partial charge in [-0.15, -0.1) is 0 Å². The van der Waals surface area contributed by atoms with Crippen molar-refractivity contribution in [3.05, 3.63) is 54.6 Å². The highest BCUT2D eigenvalue weighted by Gasteiger charge is 2.37. The fraction of sp³-hybridized carbons (Fsp3) is 0.400. The van der Waals surface area contributed by atoms with Gasteiger partial charge in [0.15, 0.2) is 0 Å². The summed E-state index contributed by atoms with van der Waals surface area (Å²) in [6, 6.07) is 9.65. The van der Waals surface area contributed by atoms with Crippen molar-refractivity contribution < 1.29 is 9.59 Å². The lowest BCUT2D eigenvalue weighted by Gasteiger charge is -2.37. The predicted molar refractivity (Wildman–Crippen MR) is 101 cm³/mol. The quantitative estimate of drug-likeness (QED) is 0.814. The molecule has 2 aliphatic rings. The maximum Gasteiger partial charge on any atom is 0.228 e. The minimum atomic E-state index is -0.242. The van der Waals surface area contributed by atoms with Gasteiger partial charge in [-0.1, -0.05) is 6.07 Å². The Morgan fingerprint density at radius 3 is 2.52 bits per heavy atom. The van der Waals surface area contributed by atoms with E-state index in [1.807, 2.05) is 35.2 Å². The fourth-order valence-corrected chi connectivity index (χ4v) is 3.78. The molecule has 2 aliphatic heterocycles. The van der Waals surface area contributed by atoms with Gasteiger partial charge in [0.1, 0.15) is 0 Å². The second-order valence-electron chi connectivity index (χ2n) is 7.01. The molecular formula is C20H23N5O2. The molecule has 7 nitrogen and oxygen atoms in total. The normalized spacial score (nSPS) is 20.2. The number of pyridine rings is 2. The average molecular weight is 365 g/mol. The predicted octanol–water partition coefficient (Wildman–Crippen LogP) is 1.17. The van der Waals surface area contributed by atoms with Crippen LogP contribution in [0.2, 0.25) is 0 Å². The lowest BCUT2D eigenvalue weighted by atomic mass is 10.1. The van der Waals surface area contributed by atoms with E-state index in [-0.39, 0.29) is 17.7 Å². The fourth-order valence-electron chi connectivity index (χ4n) is 3.78. The molecule has 7 heteroatoms. The first-order chi connectivity index (χ1) is 13.2. The van der Waals surface area contributed by atoms with E-state index in [9.17, 15) is 9.59 Å². The van der Waals surface area contributed by atoms with Gasteiger partial charge in [0.2, 0.25) is 11.8 Å². The maximum atomic E-state index is 12.9. The van der Waals surface area contributed by atoms with Crippen molar-refractivity contribution in [2.24, 2.45) is 5.92 Å². The molecule has 4 rings (SSSR count). The first-order valence-corrected chi connectivity index (χ1v) is 9.32. The van der Waals surface area contributed by atoms with Crippen LogP contribution < -0.4 is 4.90 Å². The number of amides is 2. The van der Waals surface area contributed by atoms with E-state index in [0.717, 1.165) is 24.5 Å². The van der Waals surface area contributed by atoms with Gasteiger partial charge in [0.25, 0.3) is 0 Å². The van der Waals surface area contributed by atoms with Crippen LogP contribution in [-0.2, 0) is 16.1 Å². The number of likely N-dealkylation sites (tertiary alicyclic amines) is 1. The van der Waals surface area contributed by atoms with Crippen LogP contribution in [0.4, 0.5) is 5.69 Å². The van der Waals surface area contributed by atoms with Crippen molar-refractivity contribution in [3.63, 3.8) is 0 Å². The molecule has 2 fully saturated rings. The summed E-state index contributed by atoms with van der Waals surface area (Å²) < 4.78 is 0. The summed E-state index contributed by atoms with van der Waals surface area (Å²) >= 11 is 0. The summed E-state index contributed by atoms with van der Waals surface area (Å²) in [4.78, 5) is 39.5. The summed E-state index contributed by atoms with van der Waals surface area (Å²) in [5, 5.41) is 0. The number of rotatable bonds is 4. The number of piperazine rings is 1. The van der Waals surface area contributed by atoms with Crippen molar-refractivity contribution in [2.45, 2.75) is 13.0 Å². The van der Waals surface area contributed by atoms with Crippen molar-refractivity contribution in [2.75, 3.05) is 37.6 Å². The Morgan fingerprint density at radius 1 is 1.04 bits per heavy atom. The monoisotopic (exact) mass is 365 g/mol. The summed E-state index contributed by atoms with van der Waals surface area (Å²) in [5.41, 5.74) is 1.99. The van der Waals surface area contributed by atoms with Gasteiger partial charge in [0, 0.05) is 63.4 Å². The third kappa shape index (κ3) is 3.92. The number of carbonyl (C=O) groups is 2.